The van der Waals surface area contributed by atoms with Crippen LogP contribution in [0.1, 0.15) is 20.3 Å². The zero-order chi connectivity index (χ0) is 13.4. The maximum atomic E-state index is 9.79. The van der Waals surface area contributed by atoms with Crippen LogP contribution in [0.5, 0.6) is 11.5 Å². The molecule has 0 aromatic heterocycles. The SMILES string of the molecule is CC[C@H](C)NC[C@@H](O)COc1ccccc1OC. The average Bonchev–Trinajstić information content (AvgIpc) is 2.42. The van der Waals surface area contributed by atoms with Crippen LogP contribution < -0.4 is 14.8 Å². The predicted octanol–water partition coefficient (Wildman–Crippen LogP) is 1.82. The Hall–Kier alpha value is -1.26. The predicted molar refractivity (Wildman–Crippen MR) is 72.3 cm³/mol. The number of rotatable bonds is 8. The summed E-state index contributed by atoms with van der Waals surface area (Å²) in [6, 6.07) is 7.83. The van der Waals surface area contributed by atoms with Crippen LogP contribution in [-0.4, -0.2) is 37.5 Å². The Morgan fingerprint density at radius 1 is 1.28 bits per heavy atom. The van der Waals surface area contributed by atoms with Gasteiger partial charge in [-0.3, -0.25) is 0 Å². The van der Waals surface area contributed by atoms with Gasteiger partial charge < -0.3 is 19.9 Å². The lowest BCUT2D eigenvalue weighted by molar-refractivity contribution is 0.102. The van der Waals surface area contributed by atoms with Crippen molar-refractivity contribution in [2.75, 3.05) is 20.3 Å². The van der Waals surface area contributed by atoms with Crippen molar-refractivity contribution < 1.29 is 14.6 Å². The molecule has 4 heteroatoms. The fourth-order valence-corrected chi connectivity index (χ4v) is 1.46. The molecule has 0 saturated carbocycles. The number of nitrogens with one attached hydrogen (secondary N) is 1. The maximum Gasteiger partial charge on any atom is 0.161 e. The standard InChI is InChI=1S/C14H23NO3/c1-4-11(2)15-9-12(16)10-18-14-8-6-5-7-13(14)17-3/h5-8,11-12,15-16H,4,9-10H2,1-3H3/t11-,12+/m0/s1. The second-order valence-corrected chi connectivity index (χ2v) is 4.33. The van der Waals surface area contributed by atoms with E-state index in [0.29, 0.717) is 24.1 Å². The lowest BCUT2D eigenvalue weighted by atomic mass is 10.2. The number of benzene rings is 1. The number of hydrogen-bond acceptors (Lipinski definition) is 4. The van der Waals surface area contributed by atoms with Crippen LogP contribution >= 0.6 is 0 Å². The van der Waals surface area contributed by atoms with Crippen LogP contribution in [0.25, 0.3) is 0 Å². The summed E-state index contributed by atoms with van der Waals surface area (Å²) in [5, 5.41) is 13.0. The van der Waals surface area contributed by atoms with E-state index in [-0.39, 0.29) is 6.61 Å². The van der Waals surface area contributed by atoms with Crippen LogP contribution in [0.15, 0.2) is 24.3 Å². The van der Waals surface area contributed by atoms with Crippen LogP contribution in [-0.2, 0) is 0 Å². The average molecular weight is 253 g/mol. The Balaban J connectivity index is 2.35. The highest BCUT2D eigenvalue weighted by Gasteiger charge is 2.09. The normalized spacial score (nSPS) is 14.0. The molecule has 0 amide bonds. The molecular weight excluding hydrogens is 230 g/mol. The lowest BCUT2D eigenvalue weighted by Gasteiger charge is -2.17. The minimum Gasteiger partial charge on any atom is -0.493 e. The highest BCUT2D eigenvalue weighted by Crippen LogP contribution is 2.25. The van der Waals surface area contributed by atoms with E-state index in [9.17, 15) is 5.11 Å². The molecule has 0 radical (unpaired) electrons. The number of hydrogen-bond donors (Lipinski definition) is 2. The van der Waals surface area contributed by atoms with Crippen molar-refractivity contribution in [1.82, 2.24) is 5.32 Å². The molecule has 0 fully saturated rings. The van der Waals surface area contributed by atoms with Crippen molar-refractivity contribution in [3.8, 4) is 11.5 Å². The zero-order valence-electron chi connectivity index (χ0n) is 11.3. The Bertz CT molecular complexity index is 344. The minimum absolute atomic E-state index is 0.254. The quantitative estimate of drug-likeness (QED) is 0.742. The Morgan fingerprint density at radius 3 is 2.56 bits per heavy atom. The molecule has 0 aliphatic carbocycles. The molecule has 0 aliphatic rings. The first kappa shape index (κ1) is 14.8. The van der Waals surface area contributed by atoms with Gasteiger partial charge >= 0.3 is 0 Å². The van der Waals surface area contributed by atoms with Crippen LogP contribution in [0.2, 0.25) is 0 Å². The van der Waals surface area contributed by atoms with E-state index in [2.05, 4.69) is 19.2 Å². The Kier molecular flexibility index (Phi) is 6.54. The van der Waals surface area contributed by atoms with Crippen molar-refractivity contribution in [1.29, 1.82) is 0 Å². The van der Waals surface area contributed by atoms with E-state index in [4.69, 9.17) is 9.47 Å². The van der Waals surface area contributed by atoms with Gasteiger partial charge in [0.05, 0.1) is 7.11 Å². The summed E-state index contributed by atoms with van der Waals surface area (Å²) < 4.78 is 10.7. The number of methoxy groups -OCH3 is 1. The molecule has 18 heavy (non-hydrogen) atoms. The first-order valence-corrected chi connectivity index (χ1v) is 6.34. The van der Waals surface area contributed by atoms with E-state index in [1.54, 1.807) is 7.11 Å². The highest BCUT2D eigenvalue weighted by molar-refractivity contribution is 5.39. The van der Waals surface area contributed by atoms with Crippen molar-refractivity contribution in [3.63, 3.8) is 0 Å². The monoisotopic (exact) mass is 253 g/mol. The van der Waals surface area contributed by atoms with Gasteiger partial charge in [-0.25, -0.2) is 0 Å². The third-order valence-electron chi connectivity index (χ3n) is 2.81. The molecule has 2 N–H and O–H groups in total. The maximum absolute atomic E-state index is 9.79. The molecule has 2 atom stereocenters. The molecular formula is C14H23NO3. The molecule has 0 aliphatic heterocycles. The number of aliphatic hydroxyl groups excluding tert-OH is 1. The number of ether oxygens (including phenoxy) is 2. The lowest BCUT2D eigenvalue weighted by Crippen LogP contribution is -2.36. The van der Waals surface area contributed by atoms with Gasteiger partial charge in [0, 0.05) is 12.6 Å². The fraction of sp³-hybridized carbons (Fsp3) is 0.571. The van der Waals surface area contributed by atoms with Crippen LogP contribution in [0.3, 0.4) is 0 Å². The van der Waals surface area contributed by atoms with E-state index in [0.717, 1.165) is 6.42 Å². The van der Waals surface area contributed by atoms with E-state index < -0.39 is 6.10 Å². The van der Waals surface area contributed by atoms with Gasteiger partial charge in [-0.1, -0.05) is 19.1 Å². The minimum atomic E-state index is -0.524. The summed E-state index contributed by atoms with van der Waals surface area (Å²) in [7, 11) is 1.60. The van der Waals surface area contributed by atoms with Crippen molar-refractivity contribution in [2.24, 2.45) is 0 Å². The van der Waals surface area contributed by atoms with E-state index in [1.165, 1.54) is 0 Å². The molecule has 0 unspecified atom stereocenters. The van der Waals surface area contributed by atoms with Crippen LogP contribution in [0, 0.1) is 0 Å². The Labute approximate surface area is 109 Å². The third kappa shape index (κ3) is 4.94. The second kappa shape index (κ2) is 7.95. The first-order chi connectivity index (χ1) is 8.67. The Morgan fingerprint density at radius 2 is 1.94 bits per heavy atom. The molecule has 1 aromatic rings. The number of para-hydroxylation sites is 2. The molecule has 0 bridgehead atoms. The van der Waals surface area contributed by atoms with Gasteiger partial charge in [0.25, 0.3) is 0 Å². The molecule has 0 saturated heterocycles. The van der Waals surface area contributed by atoms with Gasteiger partial charge in [0.15, 0.2) is 11.5 Å². The topological polar surface area (TPSA) is 50.7 Å². The summed E-state index contributed by atoms with van der Waals surface area (Å²) in [6.07, 6.45) is 0.518. The van der Waals surface area contributed by atoms with Crippen molar-refractivity contribution in [2.45, 2.75) is 32.4 Å². The van der Waals surface area contributed by atoms with Gasteiger partial charge in [0.2, 0.25) is 0 Å². The first-order valence-electron chi connectivity index (χ1n) is 6.34. The molecule has 0 spiro atoms. The van der Waals surface area contributed by atoms with Crippen molar-refractivity contribution in [3.05, 3.63) is 24.3 Å². The number of aliphatic hydroxyl groups is 1. The largest absolute Gasteiger partial charge is 0.493 e. The smallest absolute Gasteiger partial charge is 0.161 e. The molecule has 1 aromatic carbocycles. The third-order valence-corrected chi connectivity index (χ3v) is 2.81. The molecule has 0 heterocycles. The molecule has 102 valence electrons. The van der Waals surface area contributed by atoms with E-state index in [1.807, 2.05) is 24.3 Å². The summed E-state index contributed by atoms with van der Waals surface area (Å²) in [4.78, 5) is 0. The fourth-order valence-electron chi connectivity index (χ4n) is 1.46. The van der Waals surface area contributed by atoms with Crippen LogP contribution in [0.4, 0.5) is 0 Å². The summed E-state index contributed by atoms with van der Waals surface area (Å²) in [5.41, 5.74) is 0. The van der Waals surface area contributed by atoms with Gasteiger partial charge in [0.1, 0.15) is 12.7 Å². The summed E-state index contributed by atoms with van der Waals surface area (Å²) in [5.74, 6) is 1.34. The van der Waals surface area contributed by atoms with Gasteiger partial charge in [-0.15, -0.1) is 0 Å². The van der Waals surface area contributed by atoms with E-state index >= 15 is 0 Å². The van der Waals surface area contributed by atoms with Gasteiger partial charge in [-0.05, 0) is 25.5 Å². The summed E-state index contributed by atoms with van der Waals surface area (Å²) >= 11 is 0. The second-order valence-electron chi connectivity index (χ2n) is 4.33. The van der Waals surface area contributed by atoms with Gasteiger partial charge in [-0.2, -0.15) is 0 Å². The summed E-state index contributed by atoms with van der Waals surface area (Å²) in [6.45, 7) is 4.98. The zero-order valence-corrected chi connectivity index (χ0v) is 11.3. The molecule has 4 nitrogen and oxygen atoms in total. The molecule has 1 rings (SSSR count). The highest BCUT2D eigenvalue weighted by atomic mass is 16.5. The van der Waals surface area contributed by atoms with Crippen molar-refractivity contribution >= 4 is 0 Å².